The number of hydrogen-bond acceptors (Lipinski definition) is 6. The molecule has 1 fully saturated rings. The average molecular weight is 400 g/mol. The average Bonchev–Trinajstić information content (AvgIpc) is 3.24. The topological polar surface area (TPSA) is 109 Å². The van der Waals surface area contributed by atoms with E-state index in [4.69, 9.17) is 15.0 Å². The Bertz CT molecular complexity index is 783. The lowest BCUT2D eigenvalue weighted by molar-refractivity contribution is -0.119. The fraction of sp³-hybridized carbons (Fsp3) is 0.450. The summed E-state index contributed by atoms with van der Waals surface area (Å²) in [4.78, 5) is 19.8. The summed E-state index contributed by atoms with van der Waals surface area (Å²) in [5.74, 6) is 1.08. The molecule has 0 aliphatic carbocycles. The van der Waals surface area contributed by atoms with E-state index in [0.717, 1.165) is 57.3 Å². The van der Waals surface area contributed by atoms with Gasteiger partial charge in [0, 0.05) is 52.4 Å². The van der Waals surface area contributed by atoms with Gasteiger partial charge in [0.15, 0.2) is 12.6 Å². The number of amides is 1. The van der Waals surface area contributed by atoms with Crippen LogP contribution in [0, 0.1) is 0 Å². The van der Waals surface area contributed by atoms with Crippen molar-refractivity contribution in [2.24, 2.45) is 10.7 Å². The number of piperazine rings is 1. The number of ether oxygens (including phenoxy) is 1. The van der Waals surface area contributed by atoms with Gasteiger partial charge in [-0.15, -0.1) is 0 Å². The van der Waals surface area contributed by atoms with E-state index >= 15 is 0 Å². The molecule has 3 N–H and O–H groups in total. The Kier molecular flexibility index (Phi) is 7.46. The van der Waals surface area contributed by atoms with E-state index < -0.39 is 5.91 Å². The van der Waals surface area contributed by atoms with Crippen LogP contribution in [0.3, 0.4) is 0 Å². The number of primary amides is 1. The molecule has 0 radical (unpaired) electrons. The molecule has 1 aliphatic rings. The maximum Gasteiger partial charge on any atom is 0.255 e. The van der Waals surface area contributed by atoms with Crippen LogP contribution in [-0.4, -0.2) is 73.2 Å². The minimum atomic E-state index is -0.483. The maximum absolute atomic E-state index is 10.8. The van der Waals surface area contributed by atoms with Crippen LogP contribution < -0.4 is 15.8 Å². The van der Waals surface area contributed by atoms with E-state index in [1.54, 1.807) is 6.26 Å². The van der Waals surface area contributed by atoms with Crippen LogP contribution in [-0.2, 0) is 17.8 Å². The monoisotopic (exact) mass is 400 g/mol. The Hall–Kier alpha value is -3.07. The zero-order valence-corrected chi connectivity index (χ0v) is 16.7. The SMILES string of the molecule is CN=C(NCCc1ccc(OCC(N)=O)cc1)N1CCN(Cc2ccon2)CC1. The molecule has 1 aromatic heterocycles. The van der Waals surface area contributed by atoms with Crippen LogP contribution in [0.1, 0.15) is 11.3 Å². The normalized spacial score (nSPS) is 15.3. The summed E-state index contributed by atoms with van der Waals surface area (Å²) in [5.41, 5.74) is 7.22. The fourth-order valence-corrected chi connectivity index (χ4v) is 3.22. The van der Waals surface area contributed by atoms with Crippen molar-refractivity contribution in [3.8, 4) is 5.75 Å². The summed E-state index contributed by atoms with van der Waals surface area (Å²) < 4.78 is 10.2. The number of nitrogens with two attached hydrogens (primary N) is 1. The Morgan fingerprint density at radius 1 is 1.24 bits per heavy atom. The molecular formula is C20H28N6O3. The van der Waals surface area contributed by atoms with Gasteiger partial charge in [-0.05, 0) is 24.1 Å². The van der Waals surface area contributed by atoms with Crippen LogP contribution in [0.2, 0.25) is 0 Å². The van der Waals surface area contributed by atoms with E-state index in [9.17, 15) is 4.79 Å². The predicted octanol–water partition coefficient (Wildman–Crippen LogP) is 0.474. The third kappa shape index (κ3) is 6.49. The van der Waals surface area contributed by atoms with Gasteiger partial charge in [-0.25, -0.2) is 0 Å². The van der Waals surface area contributed by atoms with Crippen LogP contribution in [0.15, 0.2) is 46.1 Å². The lowest BCUT2D eigenvalue weighted by atomic mass is 10.1. The number of benzene rings is 1. The molecule has 0 bridgehead atoms. The summed E-state index contributed by atoms with van der Waals surface area (Å²) in [7, 11) is 1.81. The third-order valence-electron chi connectivity index (χ3n) is 4.76. The van der Waals surface area contributed by atoms with Crippen LogP contribution in [0.5, 0.6) is 5.75 Å². The zero-order valence-electron chi connectivity index (χ0n) is 16.7. The smallest absolute Gasteiger partial charge is 0.255 e. The Balaban J connectivity index is 1.39. The van der Waals surface area contributed by atoms with Crippen molar-refractivity contribution < 1.29 is 14.1 Å². The summed E-state index contributed by atoms with van der Waals surface area (Å²) >= 11 is 0. The van der Waals surface area contributed by atoms with Crippen molar-refractivity contribution in [3.05, 3.63) is 47.9 Å². The number of hydrogen-bond donors (Lipinski definition) is 2. The summed E-state index contributed by atoms with van der Waals surface area (Å²) in [5, 5.41) is 7.42. The van der Waals surface area contributed by atoms with Gasteiger partial charge in [0.2, 0.25) is 0 Å². The van der Waals surface area contributed by atoms with Gasteiger partial charge >= 0.3 is 0 Å². The summed E-state index contributed by atoms with van der Waals surface area (Å²) in [6, 6.07) is 9.58. The standard InChI is InChI=1S/C20H28N6O3/c1-22-20(26-11-9-25(10-12-26)14-17-7-13-29-24-17)23-8-6-16-2-4-18(5-3-16)28-15-19(21)27/h2-5,7,13H,6,8-12,14-15H2,1H3,(H2,21,27)(H,22,23). The lowest BCUT2D eigenvalue weighted by Gasteiger charge is -2.36. The van der Waals surface area contributed by atoms with Gasteiger partial charge in [-0.2, -0.15) is 0 Å². The van der Waals surface area contributed by atoms with E-state index in [1.807, 2.05) is 37.4 Å². The van der Waals surface area contributed by atoms with Crippen molar-refractivity contribution in [2.45, 2.75) is 13.0 Å². The minimum Gasteiger partial charge on any atom is -0.484 e. The van der Waals surface area contributed by atoms with Crippen molar-refractivity contribution in [2.75, 3.05) is 46.4 Å². The number of carbonyl (C=O) groups excluding carboxylic acids is 1. The number of nitrogens with zero attached hydrogens (tertiary/aromatic N) is 4. The van der Waals surface area contributed by atoms with E-state index in [1.165, 1.54) is 5.56 Å². The van der Waals surface area contributed by atoms with Crippen molar-refractivity contribution >= 4 is 11.9 Å². The maximum atomic E-state index is 10.8. The highest BCUT2D eigenvalue weighted by atomic mass is 16.5. The second-order valence-electron chi connectivity index (χ2n) is 6.88. The molecule has 2 aromatic rings. The molecule has 1 amide bonds. The molecular weight excluding hydrogens is 372 g/mol. The summed E-state index contributed by atoms with van der Waals surface area (Å²) in [6.45, 7) is 5.25. The van der Waals surface area contributed by atoms with Gasteiger partial charge in [0.1, 0.15) is 12.0 Å². The first-order valence-corrected chi connectivity index (χ1v) is 9.71. The molecule has 0 atom stereocenters. The first-order valence-electron chi connectivity index (χ1n) is 9.71. The van der Waals surface area contributed by atoms with Gasteiger partial charge < -0.3 is 25.2 Å². The van der Waals surface area contributed by atoms with Crippen molar-refractivity contribution in [1.29, 1.82) is 0 Å². The number of guanidine groups is 1. The molecule has 0 spiro atoms. The molecule has 1 aliphatic heterocycles. The first-order chi connectivity index (χ1) is 14.1. The highest BCUT2D eigenvalue weighted by Crippen LogP contribution is 2.12. The number of aromatic nitrogens is 1. The van der Waals surface area contributed by atoms with Crippen LogP contribution in [0.25, 0.3) is 0 Å². The number of nitrogens with one attached hydrogen (secondary N) is 1. The zero-order chi connectivity index (χ0) is 20.5. The van der Waals surface area contributed by atoms with Crippen molar-refractivity contribution in [1.82, 2.24) is 20.3 Å². The molecule has 0 saturated carbocycles. The summed E-state index contributed by atoms with van der Waals surface area (Å²) in [6.07, 6.45) is 2.47. The van der Waals surface area contributed by atoms with E-state index in [2.05, 4.69) is 25.3 Å². The molecule has 2 heterocycles. The first kappa shape index (κ1) is 20.7. The minimum absolute atomic E-state index is 0.108. The second kappa shape index (κ2) is 10.5. The number of rotatable bonds is 8. The molecule has 29 heavy (non-hydrogen) atoms. The molecule has 9 heteroatoms. The third-order valence-corrected chi connectivity index (χ3v) is 4.76. The highest BCUT2D eigenvalue weighted by Gasteiger charge is 2.20. The molecule has 156 valence electrons. The van der Waals surface area contributed by atoms with E-state index in [-0.39, 0.29) is 6.61 Å². The Morgan fingerprint density at radius 2 is 2.00 bits per heavy atom. The molecule has 0 unspecified atom stereocenters. The Morgan fingerprint density at radius 3 is 2.62 bits per heavy atom. The highest BCUT2D eigenvalue weighted by molar-refractivity contribution is 5.80. The number of aliphatic imine (C=N–C) groups is 1. The molecule has 1 aromatic carbocycles. The van der Waals surface area contributed by atoms with Gasteiger partial charge in [-0.3, -0.25) is 14.7 Å². The fourth-order valence-electron chi connectivity index (χ4n) is 3.22. The molecule has 9 nitrogen and oxygen atoms in total. The van der Waals surface area contributed by atoms with Gasteiger partial charge in [-0.1, -0.05) is 17.3 Å². The molecule has 1 saturated heterocycles. The largest absolute Gasteiger partial charge is 0.484 e. The number of carbonyl (C=O) groups is 1. The van der Waals surface area contributed by atoms with Crippen LogP contribution >= 0.6 is 0 Å². The quantitative estimate of drug-likeness (QED) is 0.490. The van der Waals surface area contributed by atoms with Crippen LogP contribution in [0.4, 0.5) is 0 Å². The van der Waals surface area contributed by atoms with E-state index in [0.29, 0.717) is 5.75 Å². The predicted molar refractivity (Wildman–Crippen MR) is 110 cm³/mol. The molecule has 3 rings (SSSR count). The Labute approximate surface area is 170 Å². The second-order valence-corrected chi connectivity index (χ2v) is 6.88. The van der Waals surface area contributed by atoms with Gasteiger partial charge in [0.25, 0.3) is 5.91 Å². The van der Waals surface area contributed by atoms with Crippen molar-refractivity contribution in [3.63, 3.8) is 0 Å². The van der Waals surface area contributed by atoms with Gasteiger partial charge in [0.05, 0.1) is 5.69 Å². The lowest BCUT2D eigenvalue weighted by Crippen LogP contribution is -2.52.